The molecule has 0 radical (unpaired) electrons. The van der Waals surface area contributed by atoms with E-state index in [0.29, 0.717) is 31.6 Å². The molecule has 3 heterocycles. The van der Waals surface area contributed by atoms with Crippen molar-refractivity contribution >= 4 is 15.9 Å². The van der Waals surface area contributed by atoms with Crippen molar-refractivity contribution in [2.24, 2.45) is 0 Å². The van der Waals surface area contributed by atoms with Gasteiger partial charge in [-0.1, -0.05) is 0 Å². The Hall–Kier alpha value is -1.71. The average Bonchev–Trinajstić information content (AvgIpc) is 2.96. The quantitative estimate of drug-likeness (QED) is 0.860. The summed E-state index contributed by atoms with van der Waals surface area (Å²) in [4.78, 5) is 16.5. The zero-order valence-electron chi connectivity index (χ0n) is 12.6. The molecule has 9 heteroatoms. The molecule has 1 saturated heterocycles. The first kappa shape index (κ1) is 15.2. The monoisotopic (exact) mass is 325 g/mol. The Labute approximate surface area is 128 Å². The number of nitrogens with zero attached hydrogens (tertiary/aromatic N) is 4. The zero-order valence-corrected chi connectivity index (χ0v) is 13.4. The fourth-order valence-electron chi connectivity index (χ4n) is 2.77. The van der Waals surface area contributed by atoms with Crippen molar-refractivity contribution in [2.45, 2.75) is 18.8 Å². The Balaban J connectivity index is 1.80. The van der Waals surface area contributed by atoms with E-state index in [1.165, 1.54) is 33.3 Å². The summed E-state index contributed by atoms with van der Waals surface area (Å²) in [5, 5.41) is 2.81. The van der Waals surface area contributed by atoms with Crippen LogP contribution in [0.4, 0.5) is 0 Å². The van der Waals surface area contributed by atoms with Crippen LogP contribution in [0.1, 0.15) is 24.5 Å². The van der Waals surface area contributed by atoms with Crippen LogP contribution < -0.4 is 5.56 Å². The van der Waals surface area contributed by atoms with E-state index in [1.54, 1.807) is 12.3 Å². The summed E-state index contributed by atoms with van der Waals surface area (Å²) in [6, 6.07) is 3.28. The second-order valence-corrected chi connectivity index (χ2v) is 7.78. The predicted octanol–water partition coefficient (Wildman–Crippen LogP) is 0.00840. The third kappa shape index (κ3) is 2.55. The molecule has 0 amide bonds. The van der Waals surface area contributed by atoms with Gasteiger partial charge >= 0.3 is 0 Å². The van der Waals surface area contributed by atoms with Crippen molar-refractivity contribution in [1.29, 1.82) is 0 Å². The molecule has 0 unspecified atom stereocenters. The molecule has 2 aromatic rings. The first-order valence-corrected chi connectivity index (χ1v) is 8.54. The fraction of sp³-hybridized carbons (Fsp3) is 0.538. The van der Waals surface area contributed by atoms with E-state index in [-0.39, 0.29) is 11.5 Å². The molecule has 0 saturated carbocycles. The number of hydrogen-bond donors (Lipinski definition) is 1. The number of hydrogen-bond acceptors (Lipinski definition) is 4. The Morgan fingerprint density at radius 1 is 1.32 bits per heavy atom. The van der Waals surface area contributed by atoms with Gasteiger partial charge in [-0.05, 0) is 12.8 Å². The summed E-state index contributed by atoms with van der Waals surface area (Å²) in [5.41, 5.74) is 1.19. The minimum absolute atomic E-state index is 0.112. The minimum Gasteiger partial charge on any atom is -0.297 e. The number of H-pyrrole nitrogens is 1. The SMILES string of the molecule is CN(C)S(=O)(=O)N1CCC(c2cc(=O)n3[nH]ccc3n2)CC1. The Kier molecular flexibility index (Phi) is 3.79. The van der Waals surface area contributed by atoms with Crippen LogP contribution in [-0.4, -0.2) is 58.8 Å². The third-order valence-electron chi connectivity index (χ3n) is 4.06. The molecular weight excluding hydrogens is 306 g/mol. The van der Waals surface area contributed by atoms with E-state index in [2.05, 4.69) is 10.1 Å². The van der Waals surface area contributed by atoms with Gasteiger partial charge in [0.1, 0.15) is 0 Å². The number of fused-ring (bicyclic) bond motifs is 1. The van der Waals surface area contributed by atoms with Gasteiger partial charge in [0.05, 0.1) is 5.69 Å². The van der Waals surface area contributed by atoms with E-state index in [1.807, 2.05) is 0 Å². The maximum absolute atomic E-state index is 12.1. The van der Waals surface area contributed by atoms with Crippen molar-refractivity contribution in [3.63, 3.8) is 0 Å². The molecule has 3 rings (SSSR count). The molecule has 8 nitrogen and oxygen atoms in total. The minimum atomic E-state index is -3.36. The number of piperidine rings is 1. The van der Waals surface area contributed by atoms with E-state index in [4.69, 9.17) is 0 Å². The van der Waals surface area contributed by atoms with Gasteiger partial charge in [0, 0.05) is 51.4 Å². The maximum atomic E-state index is 12.1. The van der Waals surface area contributed by atoms with Crippen LogP contribution in [0.5, 0.6) is 0 Å². The topological polar surface area (TPSA) is 90.8 Å². The van der Waals surface area contributed by atoms with Crippen LogP contribution in [-0.2, 0) is 10.2 Å². The van der Waals surface area contributed by atoms with Gasteiger partial charge in [-0.3, -0.25) is 9.89 Å². The van der Waals surface area contributed by atoms with E-state index >= 15 is 0 Å². The van der Waals surface area contributed by atoms with Gasteiger partial charge in [-0.2, -0.15) is 17.0 Å². The number of nitrogens with one attached hydrogen (secondary N) is 1. The summed E-state index contributed by atoms with van der Waals surface area (Å²) < 4.78 is 28.3. The molecule has 0 bridgehead atoms. The van der Waals surface area contributed by atoms with Crippen LogP contribution in [0, 0.1) is 0 Å². The molecule has 22 heavy (non-hydrogen) atoms. The van der Waals surface area contributed by atoms with Crippen molar-refractivity contribution in [3.8, 4) is 0 Å². The van der Waals surface area contributed by atoms with E-state index in [9.17, 15) is 13.2 Å². The standard InChI is InChI=1S/C13H19N5O3S/c1-16(2)22(20,21)17-7-4-10(5-8-17)11-9-13(19)18-12(15-11)3-6-14-18/h3,6,9-10,14H,4-5,7-8H2,1-2H3. The molecule has 1 fully saturated rings. The molecule has 1 aliphatic rings. The summed E-state index contributed by atoms with van der Waals surface area (Å²) in [6.45, 7) is 0.888. The number of aromatic amines is 1. The van der Waals surface area contributed by atoms with Crippen molar-refractivity contribution < 1.29 is 8.42 Å². The largest absolute Gasteiger partial charge is 0.297 e. The first-order chi connectivity index (χ1) is 10.4. The van der Waals surface area contributed by atoms with Crippen molar-refractivity contribution in [2.75, 3.05) is 27.2 Å². The molecule has 1 N–H and O–H groups in total. The van der Waals surface area contributed by atoms with Crippen molar-refractivity contribution in [1.82, 2.24) is 23.2 Å². The van der Waals surface area contributed by atoms with Crippen LogP contribution >= 0.6 is 0 Å². The lowest BCUT2D eigenvalue weighted by molar-refractivity contribution is 0.300. The highest BCUT2D eigenvalue weighted by molar-refractivity contribution is 7.86. The lowest BCUT2D eigenvalue weighted by Gasteiger charge is -2.32. The van der Waals surface area contributed by atoms with Gasteiger partial charge in [0.25, 0.3) is 15.8 Å². The van der Waals surface area contributed by atoms with E-state index < -0.39 is 10.2 Å². The zero-order chi connectivity index (χ0) is 15.9. The Bertz CT molecular complexity index is 831. The maximum Gasteiger partial charge on any atom is 0.281 e. The molecule has 120 valence electrons. The lowest BCUT2D eigenvalue weighted by Crippen LogP contribution is -2.44. The summed E-state index contributed by atoms with van der Waals surface area (Å²) in [6.07, 6.45) is 3.00. The van der Waals surface area contributed by atoms with E-state index in [0.717, 1.165) is 5.69 Å². The molecule has 0 aliphatic carbocycles. The summed E-state index contributed by atoms with van der Waals surface area (Å²) in [7, 11) is -0.301. The molecule has 0 atom stereocenters. The fourth-order valence-corrected chi connectivity index (χ4v) is 3.90. The lowest BCUT2D eigenvalue weighted by atomic mass is 9.94. The first-order valence-electron chi connectivity index (χ1n) is 7.14. The third-order valence-corrected chi connectivity index (χ3v) is 6.00. The molecule has 0 spiro atoms. The predicted molar refractivity (Wildman–Crippen MR) is 82.0 cm³/mol. The van der Waals surface area contributed by atoms with Crippen LogP contribution in [0.3, 0.4) is 0 Å². The number of aromatic nitrogens is 3. The van der Waals surface area contributed by atoms with Gasteiger partial charge in [-0.15, -0.1) is 0 Å². The second-order valence-electron chi connectivity index (χ2n) is 5.64. The highest BCUT2D eigenvalue weighted by Crippen LogP contribution is 2.27. The normalized spacial score (nSPS) is 18.3. The number of rotatable bonds is 3. The smallest absolute Gasteiger partial charge is 0.281 e. The molecule has 2 aromatic heterocycles. The van der Waals surface area contributed by atoms with Gasteiger partial charge in [-0.25, -0.2) is 9.50 Å². The molecule has 1 aliphatic heterocycles. The molecule has 0 aromatic carbocycles. The summed E-state index contributed by atoms with van der Waals surface area (Å²) >= 11 is 0. The second kappa shape index (κ2) is 5.49. The van der Waals surface area contributed by atoms with Crippen LogP contribution in [0.25, 0.3) is 5.65 Å². The van der Waals surface area contributed by atoms with Gasteiger partial charge < -0.3 is 0 Å². The van der Waals surface area contributed by atoms with Gasteiger partial charge in [0.2, 0.25) is 0 Å². The molecular formula is C13H19N5O3S. The van der Waals surface area contributed by atoms with Crippen LogP contribution in [0.2, 0.25) is 0 Å². The Morgan fingerprint density at radius 3 is 2.64 bits per heavy atom. The highest BCUT2D eigenvalue weighted by Gasteiger charge is 2.30. The highest BCUT2D eigenvalue weighted by atomic mass is 32.2. The Morgan fingerprint density at radius 2 is 2.00 bits per heavy atom. The average molecular weight is 325 g/mol. The van der Waals surface area contributed by atoms with Crippen molar-refractivity contribution in [3.05, 3.63) is 34.4 Å². The summed E-state index contributed by atoms with van der Waals surface area (Å²) in [5.74, 6) is 0.112. The van der Waals surface area contributed by atoms with Crippen LogP contribution in [0.15, 0.2) is 23.1 Å². The van der Waals surface area contributed by atoms with Gasteiger partial charge in [0.15, 0.2) is 5.65 Å².